The second kappa shape index (κ2) is 6.65. The van der Waals surface area contributed by atoms with E-state index in [1.54, 1.807) is 18.4 Å². The van der Waals surface area contributed by atoms with E-state index in [1.807, 2.05) is 35.7 Å². The fraction of sp³-hybridized carbons (Fsp3) is 0.333. The van der Waals surface area contributed by atoms with E-state index in [1.165, 1.54) is 12.8 Å². The molecule has 0 N–H and O–H groups in total. The van der Waals surface area contributed by atoms with Crippen LogP contribution in [0.2, 0.25) is 0 Å². The van der Waals surface area contributed by atoms with Crippen LogP contribution in [-0.4, -0.2) is 23.4 Å². The van der Waals surface area contributed by atoms with Crippen LogP contribution in [0.3, 0.4) is 0 Å². The predicted molar refractivity (Wildman–Crippen MR) is 92.5 cm³/mol. The average molecular weight is 342 g/mol. The second-order valence-corrected chi connectivity index (χ2v) is 6.74. The van der Waals surface area contributed by atoms with E-state index >= 15 is 0 Å². The van der Waals surface area contributed by atoms with Gasteiger partial charge in [0.2, 0.25) is 5.82 Å². The van der Waals surface area contributed by atoms with Gasteiger partial charge in [-0.3, -0.25) is 0 Å². The number of ether oxygens (including phenoxy) is 2. The normalized spacial score (nSPS) is 14.9. The summed E-state index contributed by atoms with van der Waals surface area (Å²) < 4.78 is 16.9. The van der Waals surface area contributed by atoms with Gasteiger partial charge in [-0.2, -0.15) is 4.98 Å². The first kappa shape index (κ1) is 15.2. The minimum absolute atomic E-state index is 0.265. The van der Waals surface area contributed by atoms with E-state index in [9.17, 15) is 0 Å². The Morgan fingerprint density at radius 3 is 2.79 bits per heavy atom. The number of hydrogen-bond donors (Lipinski definition) is 0. The van der Waals surface area contributed by atoms with Crippen LogP contribution >= 0.6 is 11.3 Å². The molecule has 5 nitrogen and oxygen atoms in total. The Bertz CT molecular complexity index is 808. The van der Waals surface area contributed by atoms with Crippen LogP contribution in [0.15, 0.2) is 40.2 Å². The van der Waals surface area contributed by atoms with Gasteiger partial charge in [0.1, 0.15) is 0 Å². The van der Waals surface area contributed by atoms with Gasteiger partial charge in [0.15, 0.2) is 11.5 Å². The predicted octanol–water partition coefficient (Wildman–Crippen LogP) is 4.80. The molecule has 1 fully saturated rings. The molecule has 2 aromatic heterocycles. The lowest BCUT2D eigenvalue weighted by Crippen LogP contribution is -2.11. The van der Waals surface area contributed by atoms with Crippen LogP contribution in [0.5, 0.6) is 11.5 Å². The first-order valence-corrected chi connectivity index (χ1v) is 8.94. The van der Waals surface area contributed by atoms with Crippen molar-refractivity contribution in [1.82, 2.24) is 10.1 Å². The first-order valence-electron chi connectivity index (χ1n) is 8.06. The Hall–Kier alpha value is -2.34. The Balaban J connectivity index is 1.63. The molecule has 0 unspecified atom stereocenters. The fourth-order valence-corrected chi connectivity index (χ4v) is 3.58. The van der Waals surface area contributed by atoms with Crippen molar-refractivity contribution >= 4 is 11.3 Å². The van der Waals surface area contributed by atoms with Crippen LogP contribution in [-0.2, 0) is 0 Å². The largest absolute Gasteiger partial charge is 0.493 e. The third kappa shape index (κ3) is 3.01. The molecule has 6 heteroatoms. The van der Waals surface area contributed by atoms with E-state index in [4.69, 9.17) is 14.0 Å². The SMILES string of the molecule is COc1ccc(-c2noc(-c3cccs3)n2)cc1OC1CCCC1. The van der Waals surface area contributed by atoms with E-state index in [0.29, 0.717) is 11.7 Å². The smallest absolute Gasteiger partial charge is 0.268 e. The Labute approximate surface area is 144 Å². The van der Waals surface area contributed by atoms with Crippen molar-refractivity contribution in [3.63, 3.8) is 0 Å². The van der Waals surface area contributed by atoms with Gasteiger partial charge in [0.05, 0.1) is 18.1 Å². The van der Waals surface area contributed by atoms with E-state index in [2.05, 4.69) is 10.1 Å². The second-order valence-electron chi connectivity index (χ2n) is 5.79. The highest BCUT2D eigenvalue weighted by Crippen LogP contribution is 2.35. The molecule has 0 amide bonds. The monoisotopic (exact) mass is 342 g/mol. The van der Waals surface area contributed by atoms with Gasteiger partial charge in [0.25, 0.3) is 5.89 Å². The van der Waals surface area contributed by atoms with Crippen molar-refractivity contribution < 1.29 is 14.0 Å². The molecule has 3 aromatic rings. The summed E-state index contributed by atoms with van der Waals surface area (Å²) in [5, 5.41) is 6.08. The Morgan fingerprint density at radius 2 is 2.04 bits per heavy atom. The maximum atomic E-state index is 6.13. The van der Waals surface area contributed by atoms with E-state index < -0.39 is 0 Å². The van der Waals surface area contributed by atoms with Crippen molar-refractivity contribution in [1.29, 1.82) is 0 Å². The zero-order valence-corrected chi connectivity index (χ0v) is 14.2. The molecule has 0 spiro atoms. The summed E-state index contributed by atoms with van der Waals surface area (Å²) in [4.78, 5) is 5.45. The molecule has 0 bridgehead atoms. The topological polar surface area (TPSA) is 57.4 Å². The van der Waals surface area contributed by atoms with Gasteiger partial charge in [-0.25, -0.2) is 0 Å². The van der Waals surface area contributed by atoms with Gasteiger partial charge in [-0.1, -0.05) is 11.2 Å². The Morgan fingerprint density at radius 1 is 1.17 bits per heavy atom. The lowest BCUT2D eigenvalue weighted by atomic mass is 10.2. The summed E-state index contributed by atoms with van der Waals surface area (Å²) in [7, 11) is 1.65. The van der Waals surface area contributed by atoms with Crippen LogP contribution < -0.4 is 9.47 Å². The number of methoxy groups -OCH3 is 1. The number of benzene rings is 1. The molecular formula is C18H18N2O3S. The molecule has 0 radical (unpaired) electrons. The zero-order chi connectivity index (χ0) is 16.4. The average Bonchev–Trinajstić information content (AvgIpc) is 3.35. The number of nitrogens with zero attached hydrogens (tertiary/aromatic N) is 2. The summed E-state index contributed by atoms with van der Waals surface area (Å²) >= 11 is 1.57. The quantitative estimate of drug-likeness (QED) is 0.667. The highest BCUT2D eigenvalue weighted by molar-refractivity contribution is 7.13. The maximum absolute atomic E-state index is 6.13. The molecule has 4 rings (SSSR count). The molecule has 1 saturated carbocycles. The zero-order valence-electron chi connectivity index (χ0n) is 13.4. The van der Waals surface area contributed by atoms with Gasteiger partial charge in [0, 0.05) is 5.56 Å². The van der Waals surface area contributed by atoms with Crippen LogP contribution in [0.1, 0.15) is 25.7 Å². The number of rotatable bonds is 5. The number of hydrogen-bond acceptors (Lipinski definition) is 6. The third-order valence-corrected chi connectivity index (χ3v) is 5.03. The standard InChI is InChI=1S/C18H18N2O3S/c1-21-14-9-8-12(11-15(14)22-13-5-2-3-6-13)17-19-18(23-20-17)16-7-4-10-24-16/h4,7-11,13H,2-3,5-6H2,1H3. The lowest BCUT2D eigenvalue weighted by molar-refractivity contribution is 0.201. The van der Waals surface area contributed by atoms with Crippen LogP contribution in [0.4, 0.5) is 0 Å². The molecule has 0 aliphatic heterocycles. The van der Waals surface area contributed by atoms with Crippen molar-refractivity contribution in [2.24, 2.45) is 0 Å². The molecular weight excluding hydrogens is 324 g/mol. The summed E-state index contributed by atoms with van der Waals surface area (Å²) in [6, 6.07) is 9.67. The van der Waals surface area contributed by atoms with Crippen LogP contribution in [0, 0.1) is 0 Å². The molecule has 24 heavy (non-hydrogen) atoms. The van der Waals surface area contributed by atoms with Gasteiger partial charge in [-0.15, -0.1) is 11.3 Å². The number of thiophene rings is 1. The first-order chi connectivity index (χ1) is 11.8. The molecule has 1 aliphatic rings. The summed E-state index contributed by atoms with van der Waals surface area (Å²) in [5.74, 6) is 2.56. The van der Waals surface area contributed by atoms with E-state index in [-0.39, 0.29) is 6.10 Å². The summed E-state index contributed by atoms with van der Waals surface area (Å²) in [5.41, 5.74) is 0.857. The third-order valence-electron chi connectivity index (χ3n) is 4.18. The fourth-order valence-electron chi connectivity index (χ4n) is 2.93. The van der Waals surface area contributed by atoms with Crippen molar-refractivity contribution in [2.45, 2.75) is 31.8 Å². The molecule has 124 valence electrons. The maximum Gasteiger partial charge on any atom is 0.268 e. The van der Waals surface area contributed by atoms with Crippen LogP contribution in [0.25, 0.3) is 22.2 Å². The molecule has 0 saturated heterocycles. The molecule has 1 aromatic carbocycles. The Kier molecular flexibility index (Phi) is 4.21. The molecule has 1 aliphatic carbocycles. The van der Waals surface area contributed by atoms with E-state index in [0.717, 1.165) is 34.8 Å². The van der Waals surface area contributed by atoms with Gasteiger partial charge in [-0.05, 0) is 55.3 Å². The van der Waals surface area contributed by atoms with Crippen molar-refractivity contribution in [2.75, 3.05) is 7.11 Å². The minimum Gasteiger partial charge on any atom is -0.493 e. The lowest BCUT2D eigenvalue weighted by Gasteiger charge is -2.16. The van der Waals surface area contributed by atoms with Gasteiger partial charge >= 0.3 is 0 Å². The summed E-state index contributed by atoms with van der Waals surface area (Å²) in [6.45, 7) is 0. The van der Waals surface area contributed by atoms with Crippen molar-refractivity contribution in [3.8, 4) is 33.7 Å². The highest BCUT2D eigenvalue weighted by Gasteiger charge is 2.20. The molecule has 2 heterocycles. The minimum atomic E-state index is 0.265. The van der Waals surface area contributed by atoms with Crippen molar-refractivity contribution in [3.05, 3.63) is 35.7 Å². The summed E-state index contributed by atoms with van der Waals surface area (Å²) in [6.07, 6.45) is 4.90. The van der Waals surface area contributed by atoms with Gasteiger partial charge < -0.3 is 14.0 Å². The molecule has 0 atom stereocenters. The highest BCUT2D eigenvalue weighted by atomic mass is 32.1. The number of aromatic nitrogens is 2.